The highest BCUT2D eigenvalue weighted by Crippen LogP contribution is 2.43. The third kappa shape index (κ3) is 3.13. The molecule has 3 rings (SSSR count). The topological polar surface area (TPSA) is 44.7 Å². The molecule has 0 amide bonds. The molecular weight excluding hydrogens is 240 g/mol. The number of ether oxygens (including phenoxy) is 1. The van der Waals surface area contributed by atoms with Gasteiger partial charge in [0.2, 0.25) is 0 Å². The molecule has 2 heterocycles. The third-order valence-corrected chi connectivity index (χ3v) is 5.15. The van der Waals surface area contributed by atoms with Gasteiger partial charge in [-0.2, -0.15) is 0 Å². The van der Waals surface area contributed by atoms with Gasteiger partial charge in [0.05, 0.1) is 17.3 Å². The largest absolute Gasteiger partial charge is 0.387 e. The van der Waals surface area contributed by atoms with Crippen LogP contribution >= 0.6 is 0 Å². The minimum absolute atomic E-state index is 0.233. The van der Waals surface area contributed by atoms with Crippen molar-refractivity contribution in [2.75, 3.05) is 33.2 Å². The Morgan fingerprint density at radius 1 is 1.26 bits per heavy atom. The number of rotatable bonds is 4. The molecule has 1 saturated carbocycles. The van der Waals surface area contributed by atoms with E-state index in [1.165, 1.54) is 38.5 Å². The molecule has 110 valence electrons. The van der Waals surface area contributed by atoms with Crippen LogP contribution in [0.3, 0.4) is 0 Å². The van der Waals surface area contributed by atoms with Crippen LogP contribution in [0.5, 0.6) is 0 Å². The van der Waals surface area contributed by atoms with Crippen molar-refractivity contribution in [2.24, 2.45) is 0 Å². The Hall–Kier alpha value is -0.160. The second-order valence-electron chi connectivity index (χ2n) is 7.02. The average molecular weight is 268 g/mol. The van der Waals surface area contributed by atoms with Gasteiger partial charge in [0.25, 0.3) is 0 Å². The molecule has 2 N–H and O–H groups in total. The number of aliphatic hydroxyl groups is 1. The number of β-amino-alcohol motifs (C(OH)–C–C–N with tert-alkyl or cyclic N) is 1. The lowest BCUT2D eigenvalue weighted by atomic mass is 9.98. The van der Waals surface area contributed by atoms with E-state index in [9.17, 15) is 5.11 Å². The van der Waals surface area contributed by atoms with E-state index in [2.05, 4.69) is 17.3 Å². The van der Waals surface area contributed by atoms with E-state index < -0.39 is 5.60 Å². The average Bonchev–Trinajstić information content (AvgIpc) is 3.04. The summed E-state index contributed by atoms with van der Waals surface area (Å²) >= 11 is 0. The van der Waals surface area contributed by atoms with Gasteiger partial charge >= 0.3 is 0 Å². The van der Waals surface area contributed by atoms with Crippen LogP contribution in [0.4, 0.5) is 0 Å². The number of likely N-dealkylation sites (N-methyl/N-ethyl adjacent to an activating group) is 1. The van der Waals surface area contributed by atoms with Gasteiger partial charge in [0.15, 0.2) is 0 Å². The maximum atomic E-state index is 10.4. The number of hydrogen-bond donors (Lipinski definition) is 2. The first kappa shape index (κ1) is 13.8. The van der Waals surface area contributed by atoms with Crippen molar-refractivity contribution in [1.82, 2.24) is 10.2 Å². The maximum absolute atomic E-state index is 10.4. The first-order chi connectivity index (χ1) is 9.09. The van der Waals surface area contributed by atoms with Crippen LogP contribution < -0.4 is 5.32 Å². The zero-order valence-corrected chi connectivity index (χ0v) is 12.2. The van der Waals surface area contributed by atoms with Crippen molar-refractivity contribution >= 4 is 0 Å². The Labute approximate surface area is 116 Å². The Balaban J connectivity index is 1.46. The molecule has 2 unspecified atom stereocenters. The first-order valence-corrected chi connectivity index (χ1v) is 7.89. The molecule has 1 spiro atoms. The Bertz CT molecular complexity index is 309. The summed E-state index contributed by atoms with van der Waals surface area (Å²) in [4.78, 5) is 2.26. The summed E-state index contributed by atoms with van der Waals surface area (Å²) in [5.74, 6) is 0. The second kappa shape index (κ2) is 5.32. The predicted octanol–water partition coefficient (Wildman–Crippen LogP) is 1.13. The van der Waals surface area contributed by atoms with E-state index in [0.717, 1.165) is 32.6 Å². The molecule has 4 heteroatoms. The van der Waals surface area contributed by atoms with Gasteiger partial charge in [-0.05, 0) is 45.7 Å². The van der Waals surface area contributed by atoms with Gasteiger partial charge in [-0.3, -0.25) is 0 Å². The molecule has 2 saturated heterocycles. The van der Waals surface area contributed by atoms with Crippen LogP contribution in [0, 0.1) is 0 Å². The summed E-state index contributed by atoms with van der Waals surface area (Å²) in [5, 5.41) is 13.6. The van der Waals surface area contributed by atoms with Crippen LogP contribution in [-0.4, -0.2) is 60.5 Å². The highest BCUT2D eigenvalue weighted by molar-refractivity contribution is 4.94. The fourth-order valence-electron chi connectivity index (χ4n) is 4.19. The van der Waals surface area contributed by atoms with Crippen molar-refractivity contribution < 1.29 is 9.84 Å². The molecular formula is C15H28N2O2. The molecule has 0 radical (unpaired) electrons. The molecule has 4 nitrogen and oxygen atoms in total. The van der Waals surface area contributed by atoms with Crippen molar-refractivity contribution in [3.63, 3.8) is 0 Å². The van der Waals surface area contributed by atoms with E-state index in [0.29, 0.717) is 6.10 Å². The lowest BCUT2D eigenvalue weighted by Crippen LogP contribution is -2.45. The first-order valence-electron chi connectivity index (χ1n) is 7.89. The van der Waals surface area contributed by atoms with Gasteiger partial charge < -0.3 is 20.1 Å². The van der Waals surface area contributed by atoms with Crippen molar-refractivity contribution in [2.45, 2.75) is 62.3 Å². The highest BCUT2D eigenvalue weighted by atomic mass is 16.5. The monoisotopic (exact) mass is 268 g/mol. The van der Waals surface area contributed by atoms with Gasteiger partial charge in [-0.25, -0.2) is 0 Å². The summed E-state index contributed by atoms with van der Waals surface area (Å²) in [6, 6.07) is 0. The van der Waals surface area contributed by atoms with Gasteiger partial charge in [0.1, 0.15) is 0 Å². The van der Waals surface area contributed by atoms with Gasteiger partial charge in [-0.1, -0.05) is 12.8 Å². The highest BCUT2D eigenvalue weighted by Gasteiger charge is 2.42. The Morgan fingerprint density at radius 3 is 2.74 bits per heavy atom. The lowest BCUT2D eigenvalue weighted by molar-refractivity contribution is -0.0529. The molecule has 2 aliphatic heterocycles. The van der Waals surface area contributed by atoms with Gasteiger partial charge in [-0.15, -0.1) is 0 Å². The third-order valence-electron chi connectivity index (χ3n) is 5.15. The molecule has 3 fully saturated rings. The molecule has 0 aromatic carbocycles. The fourth-order valence-corrected chi connectivity index (χ4v) is 4.19. The summed E-state index contributed by atoms with van der Waals surface area (Å²) in [6.45, 7) is 3.39. The zero-order valence-electron chi connectivity index (χ0n) is 12.2. The quantitative estimate of drug-likeness (QED) is 0.802. The summed E-state index contributed by atoms with van der Waals surface area (Å²) in [5.41, 5.74) is -0.296. The summed E-state index contributed by atoms with van der Waals surface area (Å²) in [7, 11) is 2.11. The van der Waals surface area contributed by atoms with E-state index >= 15 is 0 Å². The van der Waals surface area contributed by atoms with E-state index in [1.807, 2.05) is 0 Å². The Kier molecular flexibility index (Phi) is 3.87. The van der Waals surface area contributed by atoms with Crippen LogP contribution in [0.2, 0.25) is 0 Å². The normalized spacial score (nSPS) is 37.7. The molecule has 19 heavy (non-hydrogen) atoms. The molecule has 0 bridgehead atoms. The smallest absolute Gasteiger partial charge is 0.0909 e. The second-order valence-corrected chi connectivity index (χ2v) is 7.02. The minimum Gasteiger partial charge on any atom is -0.387 e. The number of nitrogens with one attached hydrogen (secondary N) is 1. The molecule has 0 aromatic rings. The van der Waals surface area contributed by atoms with Crippen LogP contribution in [0.25, 0.3) is 0 Å². The van der Waals surface area contributed by atoms with Crippen molar-refractivity contribution in [3.05, 3.63) is 0 Å². The summed E-state index contributed by atoms with van der Waals surface area (Å²) < 4.78 is 6.34. The lowest BCUT2D eigenvalue weighted by Gasteiger charge is -2.30. The SMILES string of the molecule is CN(CC1CCC2(CCCC2)O1)CC1(O)CCNC1. The van der Waals surface area contributed by atoms with Crippen LogP contribution in [0.15, 0.2) is 0 Å². The van der Waals surface area contributed by atoms with Crippen LogP contribution in [0.1, 0.15) is 44.9 Å². The predicted molar refractivity (Wildman–Crippen MR) is 75.2 cm³/mol. The fraction of sp³-hybridized carbons (Fsp3) is 1.00. The molecule has 1 aliphatic carbocycles. The molecule has 2 atom stereocenters. The van der Waals surface area contributed by atoms with Crippen LogP contribution in [-0.2, 0) is 4.74 Å². The van der Waals surface area contributed by atoms with Gasteiger partial charge in [0, 0.05) is 19.6 Å². The maximum Gasteiger partial charge on any atom is 0.0909 e. The number of nitrogens with zero attached hydrogens (tertiary/aromatic N) is 1. The zero-order chi connectivity index (χ0) is 13.3. The minimum atomic E-state index is -0.529. The van der Waals surface area contributed by atoms with Crippen molar-refractivity contribution in [1.29, 1.82) is 0 Å². The molecule has 0 aromatic heterocycles. The molecule has 3 aliphatic rings. The Morgan fingerprint density at radius 2 is 2.05 bits per heavy atom. The van der Waals surface area contributed by atoms with E-state index in [4.69, 9.17) is 4.74 Å². The van der Waals surface area contributed by atoms with E-state index in [-0.39, 0.29) is 5.60 Å². The summed E-state index contributed by atoms with van der Waals surface area (Å²) in [6.07, 6.45) is 8.90. The van der Waals surface area contributed by atoms with E-state index in [1.54, 1.807) is 0 Å². The number of hydrogen-bond acceptors (Lipinski definition) is 4. The van der Waals surface area contributed by atoms with Crippen molar-refractivity contribution in [3.8, 4) is 0 Å². The standard InChI is InChI=1S/C15H28N2O2/c1-17(12-14(18)8-9-16-11-14)10-13-4-7-15(19-13)5-2-3-6-15/h13,16,18H,2-12H2,1H3.